The lowest BCUT2D eigenvalue weighted by Crippen LogP contribution is -2.23. The van der Waals surface area contributed by atoms with E-state index in [0.717, 1.165) is 22.4 Å². The van der Waals surface area contributed by atoms with E-state index in [1.54, 1.807) is 19.2 Å². The molecule has 0 aliphatic heterocycles. The molecule has 140 valence electrons. The summed E-state index contributed by atoms with van der Waals surface area (Å²) in [6, 6.07) is 13.1. The van der Waals surface area contributed by atoms with Crippen molar-refractivity contribution in [2.45, 2.75) is 26.3 Å². The molecule has 0 bridgehead atoms. The van der Waals surface area contributed by atoms with Crippen molar-refractivity contribution in [3.8, 4) is 17.1 Å². The summed E-state index contributed by atoms with van der Waals surface area (Å²) in [7, 11) is 1.64. The van der Waals surface area contributed by atoms with Crippen LogP contribution in [0.2, 0.25) is 5.02 Å². The lowest BCUT2D eigenvalue weighted by Gasteiger charge is -2.07. The Bertz CT molecular complexity index is 940. The zero-order valence-corrected chi connectivity index (χ0v) is 15.9. The second-order valence-corrected chi connectivity index (χ2v) is 6.54. The number of carbonyl (C=O) groups excluding carboxylic acids is 1. The fourth-order valence-electron chi connectivity index (χ4n) is 2.69. The second kappa shape index (κ2) is 8.68. The third-order valence-corrected chi connectivity index (χ3v) is 4.32. The minimum Gasteiger partial charge on any atom is -0.496 e. The van der Waals surface area contributed by atoms with Gasteiger partial charge < -0.3 is 14.6 Å². The number of rotatable bonds is 7. The van der Waals surface area contributed by atoms with E-state index in [2.05, 4.69) is 15.5 Å². The quantitative estimate of drug-likeness (QED) is 0.666. The van der Waals surface area contributed by atoms with Gasteiger partial charge >= 0.3 is 0 Å². The topological polar surface area (TPSA) is 77.2 Å². The number of nitrogens with zero attached hydrogens (tertiary/aromatic N) is 2. The van der Waals surface area contributed by atoms with Crippen molar-refractivity contribution >= 4 is 17.5 Å². The van der Waals surface area contributed by atoms with Gasteiger partial charge in [0.25, 0.3) is 0 Å². The Hall–Kier alpha value is -2.86. The van der Waals surface area contributed by atoms with Gasteiger partial charge in [-0.05, 0) is 42.7 Å². The zero-order chi connectivity index (χ0) is 19.2. The van der Waals surface area contributed by atoms with E-state index in [0.29, 0.717) is 29.6 Å². The first-order chi connectivity index (χ1) is 13.0. The van der Waals surface area contributed by atoms with Crippen LogP contribution in [0.25, 0.3) is 11.4 Å². The van der Waals surface area contributed by atoms with Crippen molar-refractivity contribution in [1.82, 2.24) is 15.5 Å². The van der Waals surface area contributed by atoms with Crippen LogP contribution in [0.4, 0.5) is 0 Å². The van der Waals surface area contributed by atoms with Crippen molar-refractivity contribution < 1.29 is 14.1 Å². The summed E-state index contributed by atoms with van der Waals surface area (Å²) in [4.78, 5) is 16.4. The Kier molecular flexibility index (Phi) is 6.08. The monoisotopic (exact) mass is 385 g/mol. The molecule has 1 amide bonds. The van der Waals surface area contributed by atoms with Gasteiger partial charge in [0.1, 0.15) is 5.75 Å². The first-order valence-corrected chi connectivity index (χ1v) is 8.91. The summed E-state index contributed by atoms with van der Waals surface area (Å²) < 4.78 is 10.4. The number of hydrogen-bond donors (Lipinski definition) is 1. The molecule has 0 saturated carbocycles. The van der Waals surface area contributed by atoms with Crippen molar-refractivity contribution in [2.75, 3.05) is 7.11 Å². The molecule has 0 radical (unpaired) electrons. The van der Waals surface area contributed by atoms with Gasteiger partial charge in [-0.15, -0.1) is 0 Å². The minimum absolute atomic E-state index is 0.0778. The van der Waals surface area contributed by atoms with Crippen molar-refractivity contribution in [3.05, 3.63) is 64.5 Å². The number of halogens is 1. The average molecular weight is 386 g/mol. The molecule has 27 heavy (non-hydrogen) atoms. The summed E-state index contributed by atoms with van der Waals surface area (Å²) in [6.07, 6.45) is 1.02. The number of amides is 1. The highest BCUT2D eigenvalue weighted by atomic mass is 35.5. The number of hydrogen-bond acceptors (Lipinski definition) is 5. The van der Waals surface area contributed by atoms with E-state index in [1.807, 2.05) is 37.3 Å². The van der Waals surface area contributed by atoms with Gasteiger partial charge in [-0.25, -0.2) is 0 Å². The first-order valence-electron chi connectivity index (χ1n) is 8.54. The van der Waals surface area contributed by atoms with Crippen LogP contribution < -0.4 is 10.1 Å². The molecule has 0 saturated heterocycles. The van der Waals surface area contributed by atoms with Gasteiger partial charge in [-0.1, -0.05) is 41.0 Å². The van der Waals surface area contributed by atoms with Crippen LogP contribution in [0.15, 0.2) is 47.0 Å². The molecule has 3 aromatic rings. The number of aryl methyl sites for hydroxylation is 2. The van der Waals surface area contributed by atoms with Crippen molar-refractivity contribution in [1.29, 1.82) is 0 Å². The molecule has 2 aromatic carbocycles. The summed E-state index contributed by atoms with van der Waals surface area (Å²) in [5.41, 5.74) is 2.90. The van der Waals surface area contributed by atoms with Crippen LogP contribution in [0.3, 0.4) is 0 Å². The number of methoxy groups -OCH3 is 1. The Morgan fingerprint density at radius 3 is 2.85 bits per heavy atom. The van der Waals surface area contributed by atoms with Gasteiger partial charge in [-0.2, -0.15) is 4.98 Å². The Labute approximate surface area is 162 Å². The molecule has 0 atom stereocenters. The molecular formula is C20H20ClN3O3. The summed E-state index contributed by atoms with van der Waals surface area (Å²) in [5, 5.41) is 7.31. The van der Waals surface area contributed by atoms with Crippen LogP contribution in [0.1, 0.15) is 23.4 Å². The number of carbonyl (C=O) groups is 1. The molecule has 0 spiro atoms. The van der Waals surface area contributed by atoms with Gasteiger partial charge in [0.05, 0.1) is 13.7 Å². The molecule has 1 aromatic heterocycles. The van der Waals surface area contributed by atoms with Crippen molar-refractivity contribution in [3.63, 3.8) is 0 Å². The number of ether oxygens (including phenoxy) is 1. The lowest BCUT2D eigenvalue weighted by atomic mass is 10.1. The van der Waals surface area contributed by atoms with Crippen molar-refractivity contribution in [2.24, 2.45) is 0 Å². The molecule has 1 N–H and O–H groups in total. The summed E-state index contributed by atoms with van der Waals surface area (Å²) in [6.45, 7) is 2.17. The van der Waals surface area contributed by atoms with E-state index >= 15 is 0 Å². The molecule has 0 aliphatic carbocycles. The minimum atomic E-state index is -0.0778. The maximum absolute atomic E-state index is 12.1. The predicted molar refractivity (Wildman–Crippen MR) is 103 cm³/mol. The molecule has 6 nitrogen and oxygen atoms in total. The highest BCUT2D eigenvalue weighted by Crippen LogP contribution is 2.20. The largest absolute Gasteiger partial charge is 0.496 e. The van der Waals surface area contributed by atoms with E-state index in [9.17, 15) is 4.79 Å². The first kappa shape index (κ1) is 18.9. The molecule has 0 unspecified atom stereocenters. The average Bonchev–Trinajstić information content (AvgIpc) is 3.14. The maximum Gasteiger partial charge on any atom is 0.246 e. The zero-order valence-electron chi connectivity index (χ0n) is 15.2. The number of aromatic nitrogens is 2. The third-order valence-electron chi connectivity index (χ3n) is 4.09. The Morgan fingerprint density at radius 1 is 1.26 bits per heavy atom. The molecule has 1 heterocycles. The smallest absolute Gasteiger partial charge is 0.246 e. The molecule has 0 fully saturated rings. The fraction of sp³-hybridized carbons (Fsp3) is 0.250. The molecule has 3 rings (SSSR count). The molecule has 7 heteroatoms. The summed E-state index contributed by atoms with van der Waals surface area (Å²) in [5.74, 6) is 1.55. The third kappa shape index (κ3) is 5.08. The van der Waals surface area contributed by atoms with Crippen LogP contribution >= 0.6 is 11.6 Å². The Balaban J connectivity index is 1.50. The maximum atomic E-state index is 12.1. The highest BCUT2D eigenvalue weighted by Gasteiger charge is 2.10. The predicted octanol–water partition coefficient (Wildman–Crippen LogP) is 3.96. The van der Waals surface area contributed by atoms with Crippen LogP contribution in [-0.2, 0) is 17.8 Å². The van der Waals surface area contributed by atoms with Crippen LogP contribution in [0, 0.1) is 6.92 Å². The SMILES string of the molecule is COc1ccc(CCC(=O)NCc2nc(-c3cccc(Cl)c3)no2)cc1C. The standard InChI is InChI=1S/C20H20ClN3O3/c1-13-10-14(6-8-17(13)26-2)7-9-18(25)22-12-19-23-20(24-27-19)15-4-3-5-16(21)11-15/h3-6,8,10-11H,7,9,12H2,1-2H3,(H,22,25). The number of benzene rings is 2. The van der Waals surface area contributed by atoms with Gasteiger partial charge in [0, 0.05) is 17.0 Å². The van der Waals surface area contributed by atoms with Gasteiger partial charge in [-0.3, -0.25) is 4.79 Å². The van der Waals surface area contributed by atoms with E-state index in [1.165, 1.54) is 0 Å². The second-order valence-electron chi connectivity index (χ2n) is 6.10. The normalized spacial score (nSPS) is 10.6. The van der Waals surface area contributed by atoms with E-state index in [-0.39, 0.29) is 12.5 Å². The van der Waals surface area contributed by atoms with Gasteiger partial charge in [0.15, 0.2) is 0 Å². The fourth-order valence-corrected chi connectivity index (χ4v) is 2.88. The molecular weight excluding hydrogens is 366 g/mol. The summed E-state index contributed by atoms with van der Waals surface area (Å²) >= 11 is 5.97. The lowest BCUT2D eigenvalue weighted by molar-refractivity contribution is -0.121. The Morgan fingerprint density at radius 2 is 2.11 bits per heavy atom. The van der Waals surface area contributed by atoms with Gasteiger partial charge in [0.2, 0.25) is 17.6 Å². The van der Waals surface area contributed by atoms with Crippen LogP contribution in [0.5, 0.6) is 5.75 Å². The van der Waals surface area contributed by atoms with E-state index in [4.69, 9.17) is 20.9 Å². The van der Waals surface area contributed by atoms with Crippen LogP contribution in [-0.4, -0.2) is 23.2 Å². The molecule has 0 aliphatic rings. The number of nitrogens with one attached hydrogen (secondary N) is 1. The van der Waals surface area contributed by atoms with E-state index < -0.39 is 0 Å². The highest BCUT2D eigenvalue weighted by molar-refractivity contribution is 6.30.